The molecular formula is C21H30O5. The number of unbranched alkanes of at least 4 members (excludes halogenated alkanes) is 4. The highest BCUT2D eigenvalue weighted by atomic mass is 16.6. The third-order valence-corrected chi connectivity index (χ3v) is 3.44. The first-order valence-electron chi connectivity index (χ1n) is 9.04. The van der Waals surface area contributed by atoms with Crippen LogP contribution in [0.3, 0.4) is 0 Å². The van der Waals surface area contributed by atoms with E-state index in [4.69, 9.17) is 9.47 Å². The zero-order chi connectivity index (χ0) is 19.8. The highest BCUT2D eigenvalue weighted by molar-refractivity contribution is 5.67. The van der Waals surface area contributed by atoms with Gasteiger partial charge in [-0.3, -0.25) is 9.59 Å². The van der Waals surface area contributed by atoms with E-state index in [0.717, 1.165) is 38.5 Å². The van der Waals surface area contributed by atoms with E-state index < -0.39 is 30.3 Å². The van der Waals surface area contributed by atoms with Gasteiger partial charge >= 0.3 is 11.9 Å². The average molecular weight is 362 g/mol. The zero-order valence-corrected chi connectivity index (χ0v) is 16.0. The summed E-state index contributed by atoms with van der Waals surface area (Å²) >= 11 is 0. The second-order valence-corrected chi connectivity index (χ2v) is 5.91. The lowest BCUT2D eigenvalue weighted by atomic mass is 10.0. The van der Waals surface area contributed by atoms with E-state index in [9.17, 15) is 14.7 Å². The summed E-state index contributed by atoms with van der Waals surface area (Å²) in [6.45, 7) is 8.20. The van der Waals surface area contributed by atoms with Crippen molar-refractivity contribution < 1.29 is 24.2 Å². The normalized spacial score (nSPS) is 13.1. The Morgan fingerprint density at radius 2 is 1.81 bits per heavy atom. The van der Waals surface area contributed by atoms with Gasteiger partial charge in [-0.1, -0.05) is 31.3 Å². The van der Waals surface area contributed by atoms with Gasteiger partial charge in [0.2, 0.25) is 0 Å². The molecule has 0 amide bonds. The molecule has 0 fully saturated rings. The second kappa shape index (κ2) is 15.0. The van der Waals surface area contributed by atoms with Gasteiger partial charge in [0.05, 0.1) is 0 Å². The van der Waals surface area contributed by atoms with Crippen LogP contribution in [0.4, 0.5) is 0 Å². The van der Waals surface area contributed by atoms with Crippen LogP contribution in [0.25, 0.3) is 0 Å². The number of aliphatic hydroxyl groups is 1. The Hall–Kier alpha value is -2.24. The monoisotopic (exact) mass is 362 g/mol. The Balaban J connectivity index is 5.09. The van der Waals surface area contributed by atoms with Gasteiger partial charge in [0, 0.05) is 20.3 Å². The Bertz CT molecular complexity index is 558. The molecule has 3 atom stereocenters. The quantitative estimate of drug-likeness (QED) is 0.265. The number of rotatable bonds is 11. The molecule has 0 aliphatic rings. The van der Waals surface area contributed by atoms with E-state index >= 15 is 0 Å². The molecule has 0 aliphatic carbocycles. The van der Waals surface area contributed by atoms with Gasteiger partial charge in [-0.25, -0.2) is 0 Å². The van der Waals surface area contributed by atoms with Crippen LogP contribution in [0.1, 0.15) is 65.7 Å². The fourth-order valence-electron chi connectivity index (χ4n) is 2.27. The molecule has 0 aliphatic heterocycles. The predicted molar refractivity (Wildman–Crippen MR) is 101 cm³/mol. The molecule has 26 heavy (non-hydrogen) atoms. The summed E-state index contributed by atoms with van der Waals surface area (Å²) in [4.78, 5) is 22.8. The zero-order valence-electron chi connectivity index (χ0n) is 16.0. The predicted octanol–water partition coefficient (Wildman–Crippen LogP) is 3.15. The molecule has 0 heterocycles. The number of esters is 2. The lowest BCUT2D eigenvalue weighted by Crippen LogP contribution is -2.42. The van der Waals surface area contributed by atoms with Crippen LogP contribution in [0.15, 0.2) is 12.7 Å². The molecule has 0 saturated carbocycles. The minimum Gasteiger partial charge on any atom is -0.458 e. The fourth-order valence-corrected chi connectivity index (χ4v) is 2.27. The summed E-state index contributed by atoms with van der Waals surface area (Å²) in [5, 5.41) is 10.3. The minimum atomic E-state index is -1.28. The molecule has 0 aromatic carbocycles. The lowest BCUT2D eigenvalue weighted by molar-refractivity contribution is -0.172. The number of carbonyl (C=O) groups excluding carboxylic acids is 2. The van der Waals surface area contributed by atoms with Crippen molar-refractivity contribution in [3.8, 4) is 23.7 Å². The number of carbonyl (C=O) groups is 2. The first-order valence-corrected chi connectivity index (χ1v) is 9.04. The molecule has 0 rings (SSSR count). The minimum absolute atomic E-state index is 0.467. The van der Waals surface area contributed by atoms with E-state index in [0.29, 0.717) is 6.42 Å². The third kappa shape index (κ3) is 12.2. The van der Waals surface area contributed by atoms with Crippen LogP contribution in [-0.4, -0.2) is 35.4 Å². The van der Waals surface area contributed by atoms with Gasteiger partial charge in [0.25, 0.3) is 0 Å². The van der Waals surface area contributed by atoms with Crippen molar-refractivity contribution >= 4 is 11.9 Å². The van der Waals surface area contributed by atoms with Gasteiger partial charge in [-0.05, 0) is 43.9 Å². The maximum atomic E-state index is 11.4. The van der Waals surface area contributed by atoms with Gasteiger partial charge in [0.15, 0.2) is 12.2 Å². The van der Waals surface area contributed by atoms with E-state index in [1.54, 1.807) is 0 Å². The average Bonchev–Trinajstić information content (AvgIpc) is 2.57. The summed E-state index contributed by atoms with van der Waals surface area (Å²) in [6.07, 6.45) is 4.45. The Kier molecular flexibility index (Phi) is 13.8. The molecule has 0 spiro atoms. The summed E-state index contributed by atoms with van der Waals surface area (Å²) in [7, 11) is 0. The largest absolute Gasteiger partial charge is 0.458 e. The van der Waals surface area contributed by atoms with Crippen LogP contribution >= 0.6 is 0 Å². The number of allylic oxidation sites excluding steroid dienone is 1. The third-order valence-electron chi connectivity index (χ3n) is 3.44. The number of aliphatic hydroxyl groups excluding tert-OH is 1. The summed E-state index contributed by atoms with van der Waals surface area (Å²) < 4.78 is 10.5. The van der Waals surface area contributed by atoms with Gasteiger partial charge in [-0.15, -0.1) is 6.58 Å². The summed E-state index contributed by atoms with van der Waals surface area (Å²) in [5.41, 5.74) is 0. The fraction of sp³-hybridized carbons (Fsp3) is 0.619. The molecule has 0 radical (unpaired) electrons. The molecule has 0 aromatic heterocycles. The Morgan fingerprint density at radius 1 is 1.12 bits per heavy atom. The molecule has 5 heteroatoms. The topological polar surface area (TPSA) is 72.8 Å². The standard InChI is InChI=1S/C21H30O5/c1-5-7-9-11-13-15-19(24)21(26-18(4)23)20(25-17(3)22)16-14-12-10-8-6-2/h6,19-21,24H,2,5,7-8,10,12,14,16H2,1,3-4H3/t19-,20-,21+/m0/s1. The second-order valence-electron chi connectivity index (χ2n) is 5.91. The first-order chi connectivity index (χ1) is 12.4. The molecule has 0 aromatic rings. The molecule has 0 bridgehead atoms. The van der Waals surface area contributed by atoms with Crippen molar-refractivity contribution in [1.29, 1.82) is 0 Å². The van der Waals surface area contributed by atoms with Crippen LogP contribution in [0.5, 0.6) is 0 Å². The van der Waals surface area contributed by atoms with E-state index in [-0.39, 0.29) is 0 Å². The highest BCUT2D eigenvalue weighted by Gasteiger charge is 2.32. The molecule has 144 valence electrons. The van der Waals surface area contributed by atoms with E-state index in [1.807, 2.05) is 13.0 Å². The molecule has 0 unspecified atom stereocenters. The van der Waals surface area contributed by atoms with Crippen molar-refractivity contribution in [1.82, 2.24) is 0 Å². The summed E-state index contributed by atoms with van der Waals surface area (Å²) in [6, 6.07) is 0. The first kappa shape index (κ1) is 23.8. The molecule has 5 nitrogen and oxygen atoms in total. The van der Waals surface area contributed by atoms with Crippen LogP contribution in [0.2, 0.25) is 0 Å². The van der Waals surface area contributed by atoms with Crippen LogP contribution < -0.4 is 0 Å². The lowest BCUT2D eigenvalue weighted by Gasteiger charge is -2.27. The van der Waals surface area contributed by atoms with E-state index in [1.165, 1.54) is 13.8 Å². The van der Waals surface area contributed by atoms with Gasteiger partial charge in [0.1, 0.15) is 6.10 Å². The Labute approximate surface area is 157 Å². The van der Waals surface area contributed by atoms with Crippen molar-refractivity contribution in [3.05, 3.63) is 12.7 Å². The summed E-state index contributed by atoms with van der Waals surface area (Å²) in [5.74, 6) is 9.54. The molecular weight excluding hydrogens is 332 g/mol. The number of hydrogen-bond acceptors (Lipinski definition) is 5. The SMILES string of the molecule is C=CCCCCC[C@H](OC(C)=O)[C@H](OC(C)=O)[C@@H](O)C#CC#CCCC. The van der Waals surface area contributed by atoms with Gasteiger partial charge in [-0.2, -0.15) is 0 Å². The van der Waals surface area contributed by atoms with Crippen LogP contribution in [0, 0.1) is 23.7 Å². The number of ether oxygens (including phenoxy) is 2. The Morgan fingerprint density at radius 3 is 2.38 bits per heavy atom. The number of hydrogen-bond donors (Lipinski definition) is 1. The maximum Gasteiger partial charge on any atom is 0.303 e. The van der Waals surface area contributed by atoms with E-state index in [2.05, 4.69) is 30.3 Å². The van der Waals surface area contributed by atoms with Crippen molar-refractivity contribution in [2.45, 2.75) is 84.0 Å². The molecule has 1 N–H and O–H groups in total. The highest BCUT2D eigenvalue weighted by Crippen LogP contribution is 2.17. The molecule has 0 saturated heterocycles. The smallest absolute Gasteiger partial charge is 0.303 e. The van der Waals surface area contributed by atoms with Crippen LogP contribution in [-0.2, 0) is 19.1 Å². The van der Waals surface area contributed by atoms with Gasteiger partial charge < -0.3 is 14.6 Å². The van der Waals surface area contributed by atoms with Crippen molar-refractivity contribution in [2.75, 3.05) is 0 Å². The maximum absolute atomic E-state index is 11.4. The van der Waals surface area contributed by atoms with Crippen molar-refractivity contribution in [3.63, 3.8) is 0 Å². The van der Waals surface area contributed by atoms with Crippen molar-refractivity contribution in [2.24, 2.45) is 0 Å².